The Labute approximate surface area is 211 Å². The quantitative estimate of drug-likeness (QED) is 0.424. The van der Waals surface area contributed by atoms with Gasteiger partial charge in [-0.2, -0.15) is 0 Å². The van der Waals surface area contributed by atoms with Crippen molar-refractivity contribution in [3.63, 3.8) is 0 Å². The third-order valence-corrected chi connectivity index (χ3v) is 5.62. The highest BCUT2D eigenvalue weighted by Gasteiger charge is 2.28. The van der Waals surface area contributed by atoms with Gasteiger partial charge in [-0.1, -0.05) is 50.6 Å². The van der Waals surface area contributed by atoms with Crippen LogP contribution in [0.1, 0.15) is 57.4 Å². The van der Waals surface area contributed by atoms with Crippen molar-refractivity contribution in [1.29, 1.82) is 0 Å². The molecular weight excluding hydrogens is 466 g/mol. The van der Waals surface area contributed by atoms with E-state index in [4.69, 9.17) is 9.15 Å². The number of amides is 2. The van der Waals surface area contributed by atoms with E-state index in [9.17, 15) is 24.6 Å². The van der Waals surface area contributed by atoms with E-state index >= 15 is 0 Å². The number of carbonyl (C=O) groups is 3. The lowest BCUT2D eigenvalue weighted by Crippen LogP contribution is -2.42. The molecule has 10 nitrogen and oxygen atoms in total. The van der Waals surface area contributed by atoms with Gasteiger partial charge in [0.15, 0.2) is 11.6 Å². The molecular formula is C26H37N3O7. The molecule has 1 aliphatic heterocycles. The van der Waals surface area contributed by atoms with Gasteiger partial charge >= 0.3 is 5.97 Å². The van der Waals surface area contributed by atoms with Crippen molar-refractivity contribution >= 4 is 17.8 Å². The number of ether oxygens (including phenoxy) is 1. The van der Waals surface area contributed by atoms with Crippen LogP contribution in [0.25, 0.3) is 0 Å². The molecule has 0 fully saturated rings. The first-order valence-electron chi connectivity index (χ1n) is 12.1. The van der Waals surface area contributed by atoms with Crippen molar-refractivity contribution in [2.24, 2.45) is 11.8 Å². The fourth-order valence-corrected chi connectivity index (χ4v) is 3.73. The summed E-state index contributed by atoms with van der Waals surface area (Å²) in [6.45, 7) is 9.24. The number of esters is 1. The lowest BCUT2D eigenvalue weighted by atomic mass is 9.94. The van der Waals surface area contributed by atoms with E-state index in [1.807, 2.05) is 20.8 Å². The van der Waals surface area contributed by atoms with Gasteiger partial charge in [-0.3, -0.25) is 9.59 Å². The molecule has 2 rings (SSSR count). The van der Waals surface area contributed by atoms with Crippen LogP contribution in [-0.4, -0.2) is 63.9 Å². The molecule has 2 amide bonds. The highest BCUT2D eigenvalue weighted by Crippen LogP contribution is 2.19. The fourth-order valence-electron chi connectivity index (χ4n) is 3.73. The minimum Gasteiger partial charge on any atom is -0.460 e. The Balaban J connectivity index is 2.24. The average molecular weight is 504 g/mol. The largest absolute Gasteiger partial charge is 0.460 e. The molecule has 10 heteroatoms. The molecule has 0 saturated carbocycles. The average Bonchev–Trinajstić information content (AvgIpc) is 3.25. The first-order chi connectivity index (χ1) is 17.0. The smallest absolute Gasteiger partial charge is 0.328 e. The Morgan fingerprint density at radius 1 is 1.14 bits per heavy atom. The van der Waals surface area contributed by atoms with Gasteiger partial charge in [0.2, 0.25) is 5.91 Å². The lowest BCUT2D eigenvalue weighted by molar-refractivity contribution is -0.155. The molecule has 0 spiro atoms. The summed E-state index contributed by atoms with van der Waals surface area (Å²) < 4.78 is 10.9. The summed E-state index contributed by atoms with van der Waals surface area (Å²) in [6, 6.07) is -0.956. The molecule has 5 unspecified atom stereocenters. The highest BCUT2D eigenvalue weighted by atomic mass is 16.5. The number of aromatic nitrogens is 1. The Hall–Kier alpha value is -3.24. The molecule has 2 bridgehead atoms. The topological polar surface area (TPSA) is 151 Å². The second kappa shape index (κ2) is 13.7. The number of rotatable bonds is 1. The zero-order chi connectivity index (χ0) is 26.8. The van der Waals surface area contributed by atoms with Crippen LogP contribution in [0.4, 0.5) is 0 Å². The fraction of sp³-hybridized carbons (Fsp3) is 0.538. The highest BCUT2D eigenvalue weighted by molar-refractivity contribution is 5.94. The SMILES string of the molecule is CC1=CC(O)CC(O)Cc2nc(co2)C(=O)NC(C)C(=O)OC(C(C)C)C(C)C=CC(=O)NCC=C1. The van der Waals surface area contributed by atoms with E-state index in [2.05, 4.69) is 15.6 Å². The van der Waals surface area contributed by atoms with Gasteiger partial charge in [-0.25, -0.2) is 9.78 Å². The molecule has 198 valence electrons. The Morgan fingerprint density at radius 2 is 1.86 bits per heavy atom. The van der Waals surface area contributed by atoms with E-state index < -0.39 is 36.2 Å². The Kier molecular flexibility index (Phi) is 11.1. The Morgan fingerprint density at radius 3 is 2.56 bits per heavy atom. The molecule has 0 saturated heterocycles. The van der Waals surface area contributed by atoms with Gasteiger partial charge in [-0.05, 0) is 25.8 Å². The van der Waals surface area contributed by atoms with Crippen LogP contribution in [0, 0.1) is 11.8 Å². The van der Waals surface area contributed by atoms with E-state index in [0.29, 0.717) is 0 Å². The van der Waals surface area contributed by atoms with Crippen molar-refractivity contribution < 1.29 is 33.8 Å². The lowest BCUT2D eigenvalue weighted by Gasteiger charge is -2.27. The summed E-state index contributed by atoms with van der Waals surface area (Å²) in [7, 11) is 0. The second-order valence-corrected chi connectivity index (χ2v) is 9.40. The molecule has 1 aliphatic rings. The van der Waals surface area contributed by atoms with E-state index in [1.54, 1.807) is 31.2 Å². The van der Waals surface area contributed by atoms with Crippen LogP contribution in [0.15, 0.2) is 46.6 Å². The van der Waals surface area contributed by atoms with E-state index in [1.165, 1.54) is 13.0 Å². The van der Waals surface area contributed by atoms with Gasteiger partial charge in [0, 0.05) is 18.9 Å². The number of fused-ring (bicyclic) bond motifs is 2. The standard InChI is InChI=1S/C26H37N3O7/c1-15(2)24-17(4)8-9-22(32)27-10-6-7-16(3)11-19(30)12-20(31)13-23-29-21(14-35-23)25(33)28-18(5)26(34)36-24/h6-9,11,14-15,17-20,24,30-31H,10,12-13H2,1-5H3,(H,27,32)(H,28,33). The minimum absolute atomic E-state index is 0.00233. The number of oxazole rings is 1. The number of allylic oxidation sites excluding steroid dienone is 2. The van der Waals surface area contributed by atoms with Gasteiger partial charge in [0.05, 0.1) is 18.6 Å². The van der Waals surface area contributed by atoms with Gasteiger partial charge in [0.1, 0.15) is 18.4 Å². The van der Waals surface area contributed by atoms with Crippen LogP contribution in [0.2, 0.25) is 0 Å². The van der Waals surface area contributed by atoms with Crippen molar-refractivity contribution in [2.75, 3.05) is 6.54 Å². The van der Waals surface area contributed by atoms with Crippen LogP contribution < -0.4 is 10.6 Å². The number of carbonyl (C=O) groups excluding carboxylic acids is 3. The van der Waals surface area contributed by atoms with E-state index in [0.717, 1.165) is 11.8 Å². The number of hydrogen-bond donors (Lipinski definition) is 4. The van der Waals surface area contributed by atoms with Crippen LogP contribution in [0.3, 0.4) is 0 Å². The van der Waals surface area contributed by atoms with Crippen molar-refractivity contribution in [3.05, 3.63) is 53.8 Å². The summed E-state index contributed by atoms with van der Waals surface area (Å²) in [5.41, 5.74) is 0.719. The molecule has 1 aromatic heterocycles. The molecule has 0 aliphatic carbocycles. The maximum atomic E-state index is 12.7. The van der Waals surface area contributed by atoms with Gasteiger partial charge < -0.3 is 30.0 Å². The second-order valence-electron chi connectivity index (χ2n) is 9.40. The monoisotopic (exact) mass is 503 g/mol. The maximum absolute atomic E-state index is 12.7. The molecule has 0 aromatic carbocycles. The number of hydrogen-bond acceptors (Lipinski definition) is 8. The van der Waals surface area contributed by atoms with Crippen molar-refractivity contribution in [2.45, 2.75) is 71.8 Å². The Bertz CT molecular complexity index is 995. The zero-order valence-corrected chi connectivity index (χ0v) is 21.4. The van der Waals surface area contributed by atoms with E-state index in [-0.39, 0.29) is 48.7 Å². The molecule has 2 heterocycles. The molecule has 0 radical (unpaired) electrons. The van der Waals surface area contributed by atoms with Crippen LogP contribution in [0.5, 0.6) is 0 Å². The zero-order valence-electron chi connectivity index (χ0n) is 21.4. The molecule has 1 aromatic rings. The third kappa shape index (κ3) is 9.43. The predicted molar refractivity (Wildman–Crippen MR) is 133 cm³/mol. The van der Waals surface area contributed by atoms with Crippen LogP contribution >= 0.6 is 0 Å². The molecule has 36 heavy (non-hydrogen) atoms. The predicted octanol–water partition coefficient (Wildman–Crippen LogP) is 1.84. The van der Waals surface area contributed by atoms with Crippen molar-refractivity contribution in [1.82, 2.24) is 15.6 Å². The number of aliphatic hydroxyl groups is 2. The first kappa shape index (κ1) is 29.0. The summed E-state index contributed by atoms with van der Waals surface area (Å²) >= 11 is 0. The summed E-state index contributed by atoms with van der Waals surface area (Å²) in [6.07, 6.45) is 6.98. The number of nitrogens with zero attached hydrogens (tertiary/aromatic N) is 1. The normalized spacial score (nSPS) is 27.7. The first-order valence-corrected chi connectivity index (χ1v) is 12.1. The van der Waals surface area contributed by atoms with Gasteiger partial charge in [0.25, 0.3) is 5.91 Å². The number of aliphatic hydroxyl groups excluding tert-OH is 2. The summed E-state index contributed by atoms with van der Waals surface area (Å²) in [5, 5.41) is 25.8. The van der Waals surface area contributed by atoms with Crippen molar-refractivity contribution in [3.8, 4) is 0 Å². The van der Waals surface area contributed by atoms with Crippen LogP contribution in [-0.2, 0) is 20.7 Å². The summed E-state index contributed by atoms with van der Waals surface area (Å²) in [4.78, 5) is 41.5. The third-order valence-electron chi connectivity index (χ3n) is 5.62. The molecule has 4 N–H and O–H groups in total. The summed E-state index contributed by atoms with van der Waals surface area (Å²) in [5.74, 6) is -1.70. The van der Waals surface area contributed by atoms with Gasteiger partial charge in [-0.15, -0.1) is 0 Å². The number of cyclic esters (lactones) is 1. The minimum atomic E-state index is -0.959. The maximum Gasteiger partial charge on any atom is 0.328 e. The number of nitrogens with one attached hydrogen (secondary N) is 2. The molecule has 5 atom stereocenters.